The summed E-state index contributed by atoms with van der Waals surface area (Å²) in [5.41, 5.74) is -0.896. The van der Waals surface area contributed by atoms with E-state index >= 15 is 0 Å². The Kier molecular flexibility index (Phi) is 27.2. The quantitative estimate of drug-likeness (QED) is 0.318. The maximum atomic E-state index is 11.2. The third kappa shape index (κ3) is 10.8. The van der Waals surface area contributed by atoms with Crippen molar-refractivity contribution >= 4 is 71.0 Å². The van der Waals surface area contributed by atoms with Crippen LogP contribution in [0.4, 0.5) is 0 Å². The maximum Gasteiger partial charge on any atom is 1.00 e. The summed E-state index contributed by atoms with van der Waals surface area (Å²) in [6.07, 6.45) is 0. The largest absolute Gasteiger partial charge is 1.00 e. The molecule has 0 bridgehead atoms. The molecule has 0 unspecified atom stereocenters. The SMILES string of the molecule is O=C([S-])c1cc(C(=O)[S-])c(C(=O)[S-])cc1C(=O)[S-].[K+].[K+].[K+].[K+]. The van der Waals surface area contributed by atoms with Gasteiger partial charge in [-0.05, 0) is 12.1 Å². The van der Waals surface area contributed by atoms with Crippen LogP contribution in [-0.4, -0.2) is 20.5 Å². The van der Waals surface area contributed by atoms with Crippen LogP contribution in [0.15, 0.2) is 12.1 Å². The number of rotatable bonds is 4. The van der Waals surface area contributed by atoms with Crippen LogP contribution in [0.1, 0.15) is 41.4 Å². The van der Waals surface area contributed by atoms with Gasteiger partial charge in [0.1, 0.15) is 0 Å². The van der Waals surface area contributed by atoms with E-state index in [0.717, 1.165) is 12.1 Å². The van der Waals surface area contributed by atoms with Gasteiger partial charge in [-0.15, -0.1) is 0 Å². The van der Waals surface area contributed by atoms with Gasteiger partial charge in [-0.3, -0.25) is 0 Å². The Bertz CT molecular complexity index is 496. The zero-order valence-corrected chi connectivity index (χ0v) is 28.2. The molecular formula is C10H2K4O4S4. The first-order chi connectivity index (χ1) is 8.25. The van der Waals surface area contributed by atoms with Crippen molar-refractivity contribution in [3.63, 3.8) is 0 Å². The molecule has 0 saturated carbocycles. The van der Waals surface area contributed by atoms with Gasteiger partial charge in [0.15, 0.2) is 0 Å². The number of benzene rings is 1. The summed E-state index contributed by atoms with van der Waals surface area (Å²) >= 11 is 17.7. The van der Waals surface area contributed by atoms with Gasteiger partial charge in [-0.2, -0.15) is 0 Å². The maximum absolute atomic E-state index is 11.2. The zero-order chi connectivity index (χ0) is 14.0. The van der Waals surface area contributed by atoms with Crippen molar-refractivity contribution in [1.29, 1.82) is 0 Å². The van der Waals surface area contributed by atoms with E-state index in [1.54, 1.807) is 0 Å². The molecule has 0 saturated heterocycles. The zero-order valence-electron chi connectivity index (χ0n) is 12.4. The standard InChI is InChI=1S/C10H6O4S4.4K/c11-7(15)3-1-4(8(12)16)6(10(14)18)2-5(3)9(13)17;;;;/h1-2H,(H,11,15)(H,12,16)(H,13,17)(H,14,18);;;;/q;4*+1/p-4. The van der Waals surface area contributed by atoms with Crippen LogP contribution in [0, 0.1) is 0 Å². The second kappa shape index (κ2) is 17.2. The minimum atomic E-state index is -0.871. The monoisotopic (exact) mass is 470 g/mol. The molecule has 0 aliphatic rings. The Labute approximate surface area is 320 Å². The average molecular weight is 471 g/mol. The molecule has 1 aromatic carbocycles. The van der Waals surface area contributed by atoms with E-state index in [0.29, 0.717) is 0 Å². The van der Waals surface area contributed by atoms with Crippen LogP contribution in [-0.2, 0) is 50.5 Å². The van der Waals surface area contributed by atoms with Gasteiger partial charge in [-0.1, -0.05) is 0 Å². The molecule has 0 N–H and O–H groups in total. The van der Waals surface area contributed by atoms with Gasteiger partial charge < -0.3 is 69.7 Å². The Morgan fingerprint density at radius 2 is 0.636 bits per heavy atom. The molecule has 12 heteroatoms. The molecule has 0 radical (unpaired) electrons. The first-order valence-electron chi connectivity index (χ1n) is 4.29. The Hall–Kier alpha value is 5.33. The van der Waals surface area contributed by atoms with Gasteiger partial charge in [0.2, 0.25) is 0 Å². The van der Waals surface area contributed by atoms with Crippen molar-refractivity contribution in [3.05, 3.63) is 34.4 Å². The number of carbonyl (C=O) groups is 4. The average Bonchev–Trinajstić information content (AvgIpc) is 2.26. The van der Waals surface area contributed by atoms with Crippen molar-refractivity contribution in [3.8, 4) is 0 Å². The van der Waals surface area contributed by atoms with Gasteiger partial charge in [0.25, 0.3) is 0 Å². The van der Waals surface area contributed by atoms with E-state index in [4.69, 9.17) is 0 Å². The predicted molar refractivity (Wildman–Crippen MR) is 73.2 cm³/mol. The van der Waals surface area contributed by atoms with Crippen LogP contribution in [0.3, 0.4) is 0 Å². The summed E-state index contributed by atoms with van der Waals surface area (Å²) in [6, 6.07) is 1.98. The van der Waals surface area contributed by atoms with E-state index < -0.39 is 20.5 Å². The predicted octanol–water partition coefficient (Wildman–Crippen LogP) is -11.5. The molecule has 0 atom stereocenters. The van der Waals surface area contributed by atoms with Crippen molar-refractivity contribution in [1.82, 2.24) is 0 Å². The molecule has 22 heavy (non-hydrogen) atoms. The summed E-state index contributed by atoms with van der Waals surface area (Å²) in [5, 5.41) is -3.48. The molecule has 0 heterocycles. The van der Waals surface area contributed by atoms with E-state index in [-0.39, 0.29) is 228 Å². The fourth-order valence-electron chi connectivity index (χ4n) is 1.28. The van der Waals surface area contributed by atoms with Crippen LogP contribution in [0.2, 0.25) is 0 Å². The van der Waals surface area contributed by atoms with Crippen molar-refractivity contribution in [2.24, 2.45) is 0 Å². The molecule has 0 aliphatic heterocycles. The van der Waals surface area contributed by atoms with Gasteiger partial charge in [-0.25, -0.2) is 0 Å². The van der Waals surface area contributed by atoms with E-state index in [1.807, 2.05) is 0 Å². The van der Waals surface area contributed by atoms with Crippen LogP contribution in [0.25, 0.3) is 0 Å². The van der Waals surface area contributed by atoms with Gasteiger partial charge in [0.05, 0.1) is 0 Å². The summed E-state index contributed by atoms with van der Waals surface area (Å²) in [4.78, 5) is 44.7. The third-order valence-electron chi connectivity index (χ3n) is 2.04. The molecule has 0 spiro atoms. The Morgan fingerprint density at radius 1 is 0.500 bits per heavy atom. The summed E-state index contributed by atoms with van der Waals surface area (Å²) in [6.45, 7) is 0. The first-order valence-corrected chi connectivity index (χ1v) is 5.92. The van der Waals surface area contributed by atoms with Crippen LogP contribution in [0.5, 0.6) is 0 Å². The van der Waals surface area contributed by atoms with Gasteiger partial charge in [0, 0.05) is 42.7 Å². The number of carbonyl (C=O) groups excluding carboxylic acids is 4. The number of hydrogen-bond donors (Lipinski definition) is 0. The minimum Gasteiger partial charge on any atom is -0.737 e. The topological polar surface area (TPSA) is 68.3 Å². The van der Waals surface area contributed by atoms with E-state index in [9.17, 15) is 19.2 Å². The third-order valence-corrected chi connectivity index (χ3v) is 2.92. The van der Waals surface area contributed by atoms with E-state index in [2.05, 4.69) is 50.5 Å². The Morgan fingerprint density at radius 3 is 0.727 bits per heavy atom. The Balaban J connectivity index is -0.000000405. The molecule has 1 aromatic rings. The van der Waals surface area contributed by atoms with Crippen molar-refractivity contribution in [2.75, 3.05) is 0 Å². The van der Waals surface area contributed by atoms with Gasteiger partial charge >= 0.3 is 206 Å². The van der Waals surface area contributed by atoms with Crippen LogP contribution >= 0.6 is 0 Å². The van der Waals surface area contributed by atoms with Crippen LogP contribution < -0.4 is 206 Å². The number of hydrogen-bond acceptors (Lipinski definition) is 8. The second-order valence-corrected chi connectivity index (χ2v) is 4.58. The fraction of sp³-hybridized carbons (Fsp3) is 0. The smallest absolute Gasteiger partial charge is 0.737 e. The molecule has 0 amide bonds. The van der Waals surface area contributed by atoms with E-state index in [1.165, 1.54) is 0 Å². The molecule has 1 rings (SSSR count). The molecule has 0 aromatic heterocycles. The summed E-state index contributed by atoms with van der Waals surface area (Å²) < 4.78 is 0. The van der Waals surface area contributed by atoms with Crippen molar-refractivity contribution < 1.29 is 225 Å². The molecule has 0 aliphatic carbocycles. The second-order valence-electron chi connectivity index (χ2n) is 3.09. The fourth-order valence-corrected chi connectivity index (χ4v) is 1.95. The summed E-state index contributed by atoms with van der Waals surface area (Å²) in [5.74, 6) is 0. The normalized spacial score (nSPS) is 8.00. The summed E-state index contributed by atoms with van der Waals surface area (Å²) in [7, 11) is 0. The van der Waals surface area contributed by atoms with Crippen molar-refractivity contribution in [2.45, 2.75) is 0 Å². The molecule has 94 valence electrons. The molecule has 0 fully saturated rings. The first kappa shape index (κ1) is 34.8. The molecule has 4 nitrogen and oxygen atoms in total. The molecular weight excluding hydrogens is 469 g/mol. The minimum absolute atomic E-state index is 0.